The van der Waals surface area contributed by atoms with E-state index in [0.29, 0.717) is 16.5 Å². The fraction of sp³-hybridized carbons (Fsp3) is 0.182. The first kappa shape index (κ1) is 12.9. The Morgan fingerprint density at radius 1 is 1.62 bits per heavy atom. The van der Waals surface area contributed by atoms with E-state index >= 15 is 0 Å². The van der Waals surface area contributed by atoms with E-state index < -0.39 is 5.97 Å². The highest BCUT2D eigenvalue weighted by Gasteiger charge is 2.05. The van der Waals surface area contributed by atoms with Crippen molar-refractivity contribution in [2.45, 2.75) is 11.8 Å². The van der Waals surface area contributed by atoms with Gasteiger partial charge >= 0.3 is 5.97 Å². The van der Waals surface area contributed by atoms with E-state index in [1.54, 1.807) is 25.1 Å². The maximum Gasteiger partial charge on any atom is 0.328 e. The van der Waals surface area contributed by atoms with Crippen LogP contribution < -0.4 is 5.73 Å². The van der Waals surface area contributed by atoms with Crippen molar-refractivity contribution in [3.63, 3.8) is 0 Å². The molecule has 0 bridgehead atoms. The van der Waals surface area contributed by atoms with Gasteiger partial charge in [0.05, 0.1) is 5.02 Å². The molecule has 0 atom stereocenters. The van der Waals surface area contributed by atoms with Gasteiger partial charge in [0.2, 0.25) is 0 Å². The van der Waals surface area contributed by atoms with Gasteiger partial charge in [-0.1, -0.05) is 23.2 Å². The van der Waals surface area contributed by atoms with Crippen molar-refractivity contribution in [1.82, 2.24) is 0 Å². The topological polar surface area (TPSA) is 63.3 Å². The van der Waals surface area contributed by atoms with Gasteiger partial charge in [-0.15, -0.1) is 11.8 Å². The normalized spacial score (nSPS) is 11.5. The second-order valence-corrected chi connectivity index (χ2v) is 4.67. The van der Waals surface area contributed by atoms with Crippen LogP contribution in [0.2, 0.25) is 5.02 Å². The second-order valence-electron chi connectivity index (χ2n) is 3.28. The standard InChI is InChI=1S/C11H12ClNO2S/c1-7(5-10(14)15)6-16-11-8(12)3-2-4-9(11)13/h2-5H,6,13H2,1H3,(H,14,15). The van der Waals surface area contributed by atoms with E-state index in [4.69, 9.17) is 22.4 Å². The highest BCUT2D eigenvalue weighted by atomic mass is 35.5. The quantitative estimate of drug-likeness (QED) is 0.494. The number of hydrogen-bond donors (Lipinski definition) is 2. The molecule has 0 heterocycles. The molecule has 0 aromatic heterocycles. The fourth-order valence-corrected chi connectivity index (χ4v) is 2.36. The second kappa shape index (κ2) is 5.82. The molecule has 0 fully saturated rings. The summed E-state index contributed by atoms with van der Waals surface area (Å²) in [5.74, 6) is -0.384. The summed E-state index contributed by atoms with van der Waals surface area (Å²) < 4.78 is 0. The van der Waals surface area contributed by atoms with Crippen LogP contribution in [0, 0.1) is 0 Å². The van der Waals surface area contributed by atoms with Crippen LogP contribution in [0.5, 0.6) is 0 Å². The Hall–Kier alpha value is -1.13. The van der Waals surface area contributed by atoms with Gasteiger partial charge in [0, 0.05) is 22.4 Å². The SMILES string of the molecule is CC(=CC(=O)O)CSc1c(N)cccc1Cl. The number of carboxylic acids is 1. The van der Waals surface area contributed by atoms with E-state index in [9.17, 15) is 4.79 Å². The molecule has 0 amide bonds. The Labute approximate surface area is 103 Å². The molecular formula is C11H12ClNO2S. The molecule has 86 valence electrons. The van der Waals surface area contributed by atoms with Crippen molar-refractivity contribution in [2.75, 3.05) is 11.5 Å². The van der Waals surface area contributed by atoms with Gasteiger partial charge in [0.15, 0.2) is 0 Å². The summed E-state index contributed by atoms with van der Waals surface area (Å²) in [5, 5.41) is 9.14. The van der Waals surface area contributed by atoms with Crippen molar-refractivity contribution in [2.24, 2.45) is 0 Å². The fourth-order valence-electron chi connectivity index (χ4n) is 1.12. The lowest BCUT2D eigenvalue weighted by Crippen LogP contribution is -1.93. The summed E-state index contributed by atoms with van der Waals surface area (Å²) in [4.78, 5) is 11.2. The third-order valence-electron chi connectivity index (χ3n) is 1.81. The van der Waals surface area contributed by atoms with Crippen molar-refractivity contribution in [3.8, 4) is 0 Å². The minimum atomic E-state index is -0.940. The van der Waals surface area contributed by atoms with Gasteiger partial charge in [-0.25, -0.2) is 4.79 Å². The molecule has 1 aromatic carbocycles. The largest absolute Gasteiger partial charge is 0.478 e. The van der Waals surface area contributed by atoms with E-state index in [2.05, 4.69) is 0 Å². The van der Waals surface area contributed by atoms with Gasteiger partial charge in [-0.2, -0.15) is 0 Å². The third kappa shape index (κ3) is 3.79. The highest BCUT2D eigenvalue weighted by molar-refractivity contribution is 7.99. The summed E-state index contributed by atoms with van der Waals surface area (Å²) in [5.41, 5.74) is 7.14. The van der Waals surface area contributed by atoms with Crippen LogP contribution in [0.3, 0.4) is 0 Å². The molecule has 5 heteroatoms. The average Bonchev–Trinajstić information content (AvgIpc) is 2.15. The smallest absolute Gasteiger partial charge is 0.328 e. The summed E-state index contributed by atoms with van der Waals surface area (Å²) in [6.45, 7) is 1.76. The summed E-state index contributed by atoms with van der Waals surface area (Å²) in [6.07, 6.45) is 1.18. The minimum absolute atomic E-state index is 0.556. The zero-order valence-corrected chi connectivity index (χ0v) is 10.3. The first-order valence-corrected chi connectivity index (χ1v) is 5.94. The number of hydrogen-bond acceptors (Lipinski definition) is 3. The van der Waals surface area contributed by atoms with E-state index in [1.807, 2.05) is 0 Å². The van der Waals surface area contributed by atoms with Gasteiger partial charge < -0.3 is 10.8 Å². The number of thioether (sulfide) groups is 1. The van der Waals surface area contributed by atoms with Crippen LogP contribution in [0.1, 0.15) is 6.92 Å². The number of nitrogen functional groups attached to an aromatic ring is 1. The molecule has 0 aliphatic carbocycles. The Morgan fingerprint density at radius 3 is 2.88 bits per heavy atom. The van der Waals surface area contributed by atoms with Crippen LogP contribution in [-0.4, -0.2) is 16.8 Å². The molecule has 0 aliphatic rings. The Bertz CT molecular complexity index is 412. The average molecular weight is 258 g/mol. The lowest BCUT2D eigenvalue weighted by molar-refractivity contribution is -0.131. The van der Waals surface area contributed by atoms with Gasteiger partial charge in [-0.05, 0) is 19.1 Å². The zero-order chi connectivity index (χ0) is 12.1. The molecule has 0 aliphatic heterocycles. The van der Waals surface area contributed by atoms with Gasteiger partial charge in [0.1, 0.15) is 0 Å². The number of halogens is 1. The number of carboxylic acid groups (broad SMARTS) is 1. The van der Waals surface area contributed by atoms with Crippen LogP contribution in [0.15, 0.2) is 34.7 Å². The molecule has 16 heavy (non-hydrogen) atoms. The van der Waals surface area contributed by atoms with Crippen molar-refractivity contribution >= 4 is 35.0 Å². The number of rotatable bonds is 4. The number of benzene rings is 1. The lowest BCUT2D eigenvalue weighted by Gasteiger charge is -2.07. The minimum Gasteiger partial charge on any atom is -0.478 e. The first-order chi connectivity index (χ1) is 7.50. The molecule has 1 rings (SSSR count). The molecular weight excluding hydrogens is 246 g/mol. The number of anilines is 1. The van der Waals surface area contributed by atoms with Crippen LogP contribution >= 0.6 is 23.4 Å². The monoisotopic (exact) mass is 257 g/mol. The Morgan fingerprint density at radius 2 is 2.31 bits per heavy atom. The van der Waals surface area contributed by atoms with Crippen molar-refractivity contribution in [1.29, 1.82) is 0 Å². The molecule has 0 unspecified atom stereocenters. The van der Waals surface area contributed by atoms with E-state index in [-0.39, 0.29) is 0 Å². The first-order valence-electron chi connectivity index (χ1n) is 4.57. The maximum absolute atomic E-state index is 10.4. The molecule has 0 spiro atoms. The van der Waals surface area contributed by atoms with E-state index in [1.165, 1.54) is 17.8 Å². The van der Waals surface area contributed by atoms with Crippen LogP contribution in [-0.2, 0) is 4.79 Å². The number of nitrogens with two attached hydrogens (primary N) is 1. The molecule has 1 aromatic rings. The zero-order valence-electron chi connectivity index (χ0n) is 8.74. The van der Waals surface area contributed by atoms with Crippen molar-refractivity contribution < 1.29 is 9.90 Å². The predicted octanol–water partition coefficient (Wildman–Crippen LogP) is 3.05. The number of carbonyl (C=O) groups is 1. The summed E-state index contributed by atoms with van der Waals surface area (Å²) in [7, 11) is 0. The number of aliphatic carboxylic acids is 1. The Balaban J connectivity index is 2.72. The predicted molar refractivity (Wildman–Crippen MR) is 68.0 cm³/mol. The summed E-state index contributed by atoms with van der Waals surface area (Å²) in [6, 6.07) is 5.31. The molecule has 3 nitrogen and oxygen atoms in total. The maximum atomic E-state index is 10.4. The molecule has 3 N–H and O–H groups in total. The van der Waals surface area contributed by atoms with E-state index in [0.717, 1.165) is 10.5 Å². The highest BCUT2D eigenvalue weighted by Crippen LogP contribution is 2.33. The summed E-state index contributed by atoms with van der Waals surface area (Å²) >= 11 is 7.42. The molecule has 0 saturated carbocycles. The molecule has 0 saturated heterocycles. The van der Waals surface area contributed by atoms with Crippen molar-refractivity contribution in [3.05, 3.63) is 34.9 Å². The molecule has 0 radical (unpaired) electrons. The van der Waals surface area contributed by atoms with Gasteiger partial charge in [-0.3, -0.25) is 0 Å². The lowest BCUT2D eigenvalue weighted by atomic mass is 10.3. The Kier molecular flexibility index (Phi) is 4.71. The third-order valence-corrected chi connectivity index (χ3v) is 3.58. The van der Waals surface area contributed by atoms with Crippen LogP contribution in [0.25, 0.3) is 0 Å². The van der Waals surface area contributed by atoms with Gasteiger partial charge in [0.25, 0.3) is 0 Å². The van der Waals surface area contributed by atoms with Crippen LogP contribution in [0.4, 0.5) is 5.69 Å².